The number of para-hydroxylation sites is 1. The second-order valence-electron chi connectivity index (χ2n) is 4.20. The zero-order valence-electron chi connectivity index (χ0n) is 8.55. The lowest BCUT2D eigenvalue weighted by atomic mass is 10.1. The topological polar surface area (TPSA) is 32.9 Å². The van der Waals surface area contributed by atoms with Crippen molar-refractivity contribution in [2.24, 2.45) is 0 Å². The second kappa shape index (κ2) is 3.23. The van der Waals surface area contributed by atoms with E-state index in [1.807, 2.05) is 6.07 Å². The summed E-state index contributed by atoms with van der Waals surface area (Å²) in [4.78, 5) is 14.9. The normalized spacial score (nSPS) is 16.4. The number of nitrogens with one attached hydrogen (secondary N) is 1. The third kappa shape index (κ3) is 1.37. The highest BCUT2D eigenvalue weighted by atomic mass is 16.1. The molecule has 0 saturated carbocycles. The Bertz CT molecular complexity index is 524. The zero-order chi connectivity index (χ0) is 10.3. The average molecular weight is 199 g/mol. The Morgan fingerprint density at radius 1 is 1.13 bits per heavy atom. The van der Waals surface area contributed by atoms with Crippen molar-refractivity contribution in [2.45, 2.75) is 25.7 Å². The van der Waals surface area contributed by atoms with E-state index in [1.165, 1.54) is 10.9 Å². The monoisotopic (exact) mass is 199 g/mol. The fourth-order valence-corrected chi connectivity index (χ4v) is 2.44. The van der Waals surface area contributed by atoms with E-state index in [4.69, 9.17) is 0 Å². The molecular weight excluding hydrogens is 186 g/mol. The van der Waals surface area contributed by atoms with Crippen LogP contribution in [0.5, 0.6) is 0 Å². The molecule has 0 bridgehead atoms. The molecule has 1 aromatic heterocycles. The summed E-state index contributed by atoms with van der Waals surface area (Å²) < 4.78 is 0. The van der Waals surface area contributed by atoms with Crippen molar-refractivity contribution in [3.05, 3.63) is 35.5 Å². The maximum absolute atomic E-state index is 11.5. The van der Waals surface area contributed by atoms with Gasteiger partial charge in [-0.1, -0.05) is 18.2 Å². The van der Waals surface area contributed by atoms with Crippen molar-refractivity contribution in [1.29, 1.82) is 0 Å². The first kappa shape index (κ1) is 8.72. The summed E-state index contributed by atoms with van der Waals surface area (Å²) in [6.45, 7) is 0. The maximum atomic E-state index is 11.5. The van der Waals surface area contributed by atoms with Gasteiger partial charge in [-0.2, -0.15) is 0 Å². The van der Waals surface area contributed by atoms with Gasteiger partial charge in [-0.15, -0.1) is 0 Å². The summed E-state index contributed by atoms with van der Waals surface area (Å²) in [5, 5.41) is 1.29. The molecule has 76 valence electrons. The fourth-order valence-electron chi connectivity index (χ4n) is 2.44. The number of ketones is 1. The van der Waals surface area contributed by atoms with Crippen molar-refractivity contribution >= 4 is 16.7 Å². The first-order valence-corrected chi connectivity index (χ1v) is 5.45. The molecule has 1 aliphatic carbocycles. The number of aromatic nitrogens is 1. The summed E-state index contributed by atoms with van der Waals surface area (Å²) in [6.07, 6.45) is 3.35. The van der Waals surface area contributed by atoms with E-state index in [9.17, 15) is 4.79 Å². The number of hydrogen-bond acceptors (Lipinski definition) is 1. The molecule has 0 atom stereocenters. The maximum Gasteiger partial charge on any atom is 0.138 e. The summed E-state index contributed by atoms with van der Waals surface area (Å²) in [6, 6.07) is 8.30. The van der Waals surface area contributed by atoms with Crippen LogP contribution in [0.25, 0.3) is 10.9 Å². The number of aryl methyl sites for hydroxylation is 1. The minimum absolute atomic E-state index is 0.361. The van der Waals surface area contributed by atoms with Crippen LogP contribution in [0.2, 0.25) is 0 Å². The Morgan fingerprint density at radius 2 is 2.00 bits per heavy atom. The molecule has 1 N–H and O–H groups in total. The lowest BCUT2D eigenvalue weighted by Gasteiger charge is -1.96. The van der Waals surface area contributed by atoms with E-state index in [-0.39, 0.29) is 0 Å². The molecule has 0 fully saturated rings. The number of carbonyl (C=O) groups is 1. The lowest BCUT2D eigenvalue weighted by Crippen LogP contribution is -1.99. The van der Waals surface area contributed by atoms with Gasteiger partial charge in [0.05, 0.1) is 0 Å². The Morgan fingerprint density at radius 3 is 2.93 bits per heavy atom. The first-order chi connectivity index (χ1) is 7.34. The minimum atomic E-state index is 0.361. The van der Waals surface area contributed by atoms with E-state index in [1.54, 1.807) is 0 Å². The van der Waals surface area contributed by atoms with Gasteiger partial charge in [0.2, 0.25) is 0 Å². The zero-order valence-corrected chi connectivity index (χ0v) is 8.55. The van der Waals surface area contributed by atoms with E-state index in [0.29, 0.717) is 12.2 Å². The van der Waals surface area contributed by atoms with E-state index in [0.717, 1.165) is 30.5 Å². The SMILES string of the molecule is O=C1CCCc2c([nH]c3ccccc23)C1. The van der Waals surface area contributed by atoms with Gasteiger partial charge < -0.3 is 4.98 Å². The highest BCUT2D eigenvalue weighted by Crippen LogP contribution is 2.26. The Balaban J connectivity index is 2.23. The lowest BCUT2D eigenvalue weighted by molar-refractivity contribution is -0.118. The predicted octanol–water partition coefficient (Wildman–Crippen LogP) is 2.62. The first-order valence-electron chi connectivity index (χ1n) is 5.45. The highest BCUT2D eigenvalue weighted by molar-refractivity contribution is 5.89. The number of Topliss-reactive ketones (excluding diaryl/α,β-unsaturated/α-hetero) is 1. The number of H-pyrrole nitrogens is 1. The molecule has 15 heavy (non-hydrogen) atoms. The van der Waals surface area contributed by atoms with Gasteiger partial charge in [0, 0.05) is 29.4 Å². The standard InChI is InChI=1S/C13H13NO/c15-9-4-3-6-11-10-5-1-2-7-12(10)14-13(11)8-9/h1-2,5,7,14H,3-4,6,8H2. The molecule has 1 aliphatic rings. The van der Waals surface area contributed by atoms with Crippen LogP contribution in [-0.2, 0) is 17.6 Å². The van der Waals surface area contributed by atoms with Crippen molar-refractivity contribution in [1.82, 2.24) is 4.98 Å². The van der Waals surface area contributed by atoms with Crippen LogP contribution >= 0.6 is 0 Å². The van der Waals surface area contributed by atoms with Crippen LogP contribution in [0, 0.1) is 0 Å². The third-order valence-corrected chi connectivity index (χ3v) is 3.16. The molecule has 0 aliphatic heterocycles. The van der Waals surface area contributed by atoms with Gasteiger partial charge in [0.1, 0.15) is 5.78 Å². The van der Waals surface area contributed by atoms with Gasteiger partial charge in [-0.25, -0.2) is 0 Å². The van der Waals surface area contributed by atoms with Gasteiger partial charge >= 0.3 is 0 Å². The van der Waals surface area contributed by atoms with Gasteiger partial charge in [0.25, 0.3) is 0 Å². The van der Waals surface area contributed by atoms with Crippen LogP contribution < -0.4 is 0 Å². The van der Waals surface area contributed by atoms with E-state index in [2.05, 4.69) is 23.2 Å². The number of fused-ring (bicyclic) bond motifs is 3. The molecule has 2 nitrogen and oxygen atoms in total. The average Bonchev–Trinajstić information content (AvgIpc) is 2.46. The summed E-state index contributed by atoms with van der Waals surface area (Å²) in [5.74, 6) is 0.361. The molecule has 1 aromatic carbocycles. The van der Waals surface area contributed by atoms with Crippen LogP contribution in [0.4, 0.5) is 0 Å². The summed E-state index contributed by atoms with van der Waals surface area (Å²) in [5.41, 5.74) is 3.66. The van der Waals surface area contributed by atoms with Crippen LogP contribution in [0.15, 0.2) is 24.3 Å². The van der Waals surface area contributed by atoms with E-state index < -0.39 is 0 Å². The van der Waals surface area contributed by atoms with Gasteiger partial charge in [-0.3, -0.25) is 4.79 Å². The number of hydrogen-bond donors (Lipinski definition) is 1. The Hall–Kier alpha value is -1.57. The van der Waals surface area contributed by atoms with E-state index >= 15 is 0 Å². The molecule has 0 saturated heterocycles. The molecule has 0 spiro atoms. The quantitative estimate of drug-likeness (QED) is 0.650. The van der Waals surface area contributed by atoms with Gasteiger partial charge in [0.15, 0.2) is 0 Å². The fraction of sp³-hybridized carbons (Fsp3) is 0.308. The van der Waals surface area contributed by atoms with Crippen LogP contribution in [-0.4, -0.2) is 10.8 Å². The number of benzene rings is 1. The number of aromatic amines is 1. The van der Waals surface area contributed by atoms with Crippen LogP contribution in [0.3, 0.4) is 0 Å². The predicted molar refractivity (Wildman–Crippen MR) is 59.9 cm³/mol. The van der Waals surface area contributed by atoms with Crippen molar-refractivity contribution in [2.75, 3.05) is 0 Å². The number of rotatable bonds is 0. The van der Waals surface area contributed by atoms with Crippen molar-refractivity contribution in [3.8, 4) is 0 Å². The summed E-state index contributed by atoms with van der Waals surface area (Å²) in [7, 11) is 0. The number of carbonyl (C=O) groups excluding carboxylic acids is 1. The largest absolute Gasteiger partial charge is 0.358 e. The second-order valence-corrected chi connectivity index (χ2v) is 4.20. The molecule has 0 amide bonds. The molecule has 2 heteroatoms. The molecular formula is C13H13NO. The molecule has 2 aromatic rings. The smallest absolute Gasteiger partial charge is 0.138 e. The van der Waals surface area contributed by atoms with Gasteiger partial charge in [-0.05, 0) is 24.5 Å². The Kier molecular flexibility index (Phi) is 1.88. The molecule has 3 rings (SSSR count). The molecule has 0 unspecified atom stereocenters. The Labute approximate surface area is 88.3 Å². The molecule has 0 radical (unpaired) electrons. The minimum Gasteiger partial charge on any atom is -0.358 e. The highest BCUT2D eigenvalue weighted by Gasteiger charge is 2.17. The summed E-state index contributed by atoms with van der Waals surface area (Å²) >= 11 is 0. The van der Waals surface area contributed by atoms with Crippen LogP contribution in [0.1, 0.15) is 24.1 Å². The molecule has 1 heterocycles. The van der Waals surface area contributed by atoms with Crippen molar-refractivity contribution in [3.63, 3.8) is 0 Å². The third-order valence-electron chi connectivity index (χ3n) is 3.16. The van der Waals surface area contributed by atoms with Crippen molar-refractivity contribution < 1.29 is 4.79 Å².